The highest BCUT2D eigenvalue weighted by Gasteiger charge is 2.34. The molecular weight excluding hydrogens is 244 g/mol. The predicted molar refractivity (Wildman–Crippen MR) is 88.0 cm³/mol. The van der Waals surface area contributed by atoms with Crippen molar-refractivity contribution < 1.29 is 0 Å². The van der Waals surface area contributed by atoms with E-state index in [1.165, 1.54) is 45.2 Å². The maximum atomic E-state index is 3.73. The zero-order chi connectivity index (χ0) is 14.8. The van der Waals surface area contributed by atoms with Crippen LogP contribution in [0, 0.1) is 17.8 Å². The van der Waals surface area contributed by atoms with Gasteiger partial charge in [-0.15, -0.1) is 0 Å². The predicted octanol–water partition coefficient (Wildman–Crippen LogP) is 3.91. The molecule has 3 atom stereocenters. The summed E-state index contributed by atoms with van der Waals surface area (Å²) in [5.74, 6) is 2.78. The Morgan fingerprint density at radius 1 is 1.05 bits per heavy atom. The molecule has 2 fully saturated rings. The maximum Gasteiger partial charge on any atom is 0.0243 e. The molecular formula is C18H36N2. The topological polar surface area (TPSA) is 15.3 Å². The second-order valence-corrected chi connectivity index (χ2v) is 8.53. The van der Waals surface area contributed by atoms with Crippen LogP contribution < -0.4 is 5.32 Å². The number of likely N-dealkylation sites (tertiary alicyclic amines) is 1. The van der Waals surface area contributed by atoms with Gasteiger partial charge >= 0.3 is 0 Å². The van der Waals surface area contributed by atoms with Gasteiger partial charge in [0.2, 0.25) is 0 Å². The van der Waals surface area contributed by atoms with Crippen molar-refractivity contribution in [1.29, 1.82) is 0 Å². The van der Waals surface area contributed by atoms with Crippen LogP contribution in [0.15, 0.2) is 0 Å². The third kappa shape index (κ3) is 4.46. The van der Waals surface area contributed by atoms with Crippen molar-refractivity contribution >= 4 is 0 Å². The van der Waals surface area contributed by atoms with Crippen LogP contribution in [0.2, 0.25) is 0 Å². The molecule has 0 aromatic heterocycles. The number of nitrogens with zero attached hydrogens (tertiary/aromatic N) is 1. The van der Waals surface area contributed by atoms with E-state index in [1.807, 2.05) is 0 Å². The molecule has 1 aliphatic carbocycles. The van der Waals surface area contributed by atoms with Gasteiger partial charge in [-0.2, -0.15) is 0 Å². The molecule has 2 rings (SSSR count). The molecule has 1 aliphatic heterocycles. The summed E-state index contributed by atoms with van der Waals surface area (Å²) in [6.45, 7) is 15.4. The van der Waals surface area contributed by atoms with Crippen molar-refractivity contribution in [1.82, 2.24) is 10.2 Å². The summed E-state index contributed by atoms with van der Waals surface area (Å²) in [7, 11) is 0. The molecule has 0 aromatic carbocycles. The van der Waals surface area contributed by atoms with E-state index in [1.54, 1.807) is 0 Å². The van der Waals surface area contributed by atoms with E-state index < -0.39 is 0 Å². The maximum absolute atomic E-state index is 3.73. The van der Waals surface area contributed by atoms with E-state index in [2.05, 4.69) is 44.8 Å². The van der Waals surface area contributed by atoms with Gasteiger partial charge in [-0.3, -0.25) is 4.90 Å². The van der Waals surface area contributed by atoms with Gasteiger partial charge in [-0.25, -0.2) is 0 Å². The highest BCUT2D eigenvalue weighted by molar-refractivity contribution is 4.89. The summed E-state index contributed by atoms with van der Waals surface area (Å²) in [6, 6.07) is 0.706. The largest absolute Gasteiger partial charge is 0.311 e. The smallest absolute Gasteiger partial charge is 0.0243 e. The van der Waals surface area contributed by atoms with Gasteiger partial charge in [-0.1, -0.05) is 33.1 Å². The minimum absolute atomic E-state index is 0.232. The molecule has 1 saturated carbocycles. The minimum Gasteiger partial charge on any atom is -0.311 e. The summed E-state index contributed by atoms with van der Waals surface area (Å²) in [5, 5.41) is 3.73. The Labute approximate surface area is 126 Å². The fourth-order valence-corrected chi connectivity index (χ4v) is 4.13. The molecule has 1 N–H and O–H groups in total. The van der Waals surface area contributed by atoms with Crippen molar-refractivity contribution in [2.24, 2.45) is 17.8 Å². The molecule has 0 amide bonds. The molecule has 2 aliphatic rings. The first-order valence-electron chi connectivity index (χ1n) is 8.86. The summed E-state index contributed by atoms with van der Waals surface area (Å²) >= 11 is 0. The second-order valence-electron chi connectivity index (χ2n) is 8.53. The van der Waals surface area contributed by atoms with Crippen molar-refractivity contribution in [2.45, 2.75) is 78.3 Å². The lowest BCUT2D eigenvalue weighted by Gasteiger charge is -2.46. The van der Waals surface area contributed by atoms with Crippen molar-refractivity contribution in [3.05, 3.63) is 0 Å². The Balaban J connectivity index is 1.92. The quantitative estimate of drug-likeness (QED) is 0.840. The van der Waals surface area contributed by atoms with E-state index in [4.69, 9.17) is 0 Å². The summed E-state index contributed by atoms with van der Waals surface area (Å²) in [6.07, 6.45) is 7.40. The van der Waals surface area contributed by atoms with E-state index in [0.717, 1.165) is 24.3 Å². The van der Waals surface area contributed by atoms with E-state index >= 15 is 0 Å². The van der Waals surface area contributed by atoms with Crippen molar-refractivity contribution in [2.75, 3.05) is 19.6 Å². The Kier molecular flexibility index (Phi) is 5.53. The molecule has 0 radical (unpaired) electrons. The number of piperidine rings is 1. The monoisotopic (exact) mass is 280 g/mol. The standard InChI is InChI=1S/C18H36N2/c1-14(2)17(12-19-18(3,4)5)20-11-10-15-8-6-7-9-16(15)13-20/h14-17,19H,6-13H2,1-5H3. The van der Waals surface area contributed by atoms with E-state index in [9.17, 15) is 0 Å². The first kappa shape index (κ1) is 16.3. The van der Waals surface area contributed by atoms with Gasteiger partial charge in [0.25, 0.3) is 0 Å². The number of hydrogen-bond donors (Lipinski definition) is 1. The lowest BCUT2D eigenvalue weighted by Crippen LogP contribution is -2.54. The van der Waals surface area contributed by atoms with Crippen LogP contribution >= 0.6 is 0 Å². The van der Waals surface area contributed by atoms with Crippen LogP contribution in [0.4, 0.5) is 0 Å². The average molecular weight is 280 g/mol. The van der Waals surface area contributed by atoms with E-state index in [0.29, 0.717) is 6.04 Å². The number of fused-ring (bicyclic) bond motifs is 1. The van der Waals surface area contributed by atoms with Gasteiger partial charge in [0, 0.05) is 24.7 Å². The third-order valence-corrected chi connectivity index (χ3v) is 5.40. The molecule has 3 unspecified atom stereocenters. The molecule has 118 valence electrons. The van der Waals surface area contributed by atoms with Gasteiger partial charge < -0.3 is 5.32 Å². The van der Waals surface area contributed by atoms with Crippen LogP contribution in [0.3, 0.4) is 0 Å². The molecule has 1 saturated heterocycles. The zero-order valence-corrected chi connectivity index (χ0v) is 14.4. The third-order valence-electron chi connectivity index (χ3n) is 5.40. The lowest BCUT2D eigenvalue weighted by atomic mass is 9.74. The van der Waals surface area contributed by atoms with Crippen LogP contribution in [0.5, 0.6) is 0 Å². The number of nitrogens with one attached hydrogen (secondary N) is 1. The summed E-state index contributed by atoms with van der Waals surface area (Å²) in [5.41, 5.74) is 0.232. The number of rotatable bonds is 4. The van der Waals surface area contributed by atoms with Gasteiger partial charge in [0.05, 0.1) is 0 Å². The molecule has 0 bridgehead atoms. The average Bonchev–Trinajstić information content (AvgIpc) is 2.37. The minimum atomic E-state index is 0.232. The first-order valence-corrected chi connectivity index (χ1v) is 8.86. The molecule has 20 heavy (non-hydrogen) atoms. The molecule has 2 heteroatoms. The molecule has 1 heterocycles. The Morgan fingerprint density at radius 2 is 1.70 bits per heavy atom. The van der Waals surface area contributed by atoms with Crippen LogP contribution in [-0.2, 0) is 0 Å². The van der Waals surface area contributed by atoms with Gasteiger partial charge in [-0.05, 0) is 57.9 Å². The van der Waals surface area contributed by atoms with E-state index in [-0.39, 0.29) is 5.54 Å². The van der Waals surface area contributed by atoms with Crippen LogP contribution in [0.25, 0.3) is 0 Å². The van der Waals surface area contributed by atoms with Gasteiger partial charge in [0.15, 0.2) is 0 Å². The van der Waals surface area contributed by atoms with Gasteiger partial charge in [0.1, 0.15) is 0 Å². The Hall–Kier alpha value is -0.0800. The summed E-state index contributed by atoms with van der Waals surface area (Å²) in [4.78, 5) is 2.80. The molecule has 2 nitrogen and oxygen atoms in total. The highest BCUT2D eigenvalue weighted by atomic mass is 15.2. The second kappa shape index (κ2) is 6.79. The first-order chi connectivity index (χ1) is 9.37. The SMILES string of the molecule is CC(C)C(CNC(C)(C)C)N1CCC2CCCCC2C1. The number of hydrogen-bond acceptors (Lipinski definition) is 2. The van der Waals surface area contributed by atoms with Crippen LogP contribution in [0.1, 0.15) is 66.7 Å². The van der Waals surface area contributed by atoms with Crippen molar-refractivity contribution in [3.8, 4) is 0 Å². The fourth-order valence-electron chi connectivity index (χ4n) is 4.13. The molecule has 0 spiro atoms. The Morgan fingerprint density at radius 3 is 2.30 bits per heavy atom. The van der Waals surface area contributed by atoms with Crippen LogP contribution in [-0.4, -0.2) is 36.1 Å². The summed E-state index contributed by atoms with van der Waals surface area (Å²) < 4.78 is 0. The van der Waals surface area contributed by atoms with Crippen molar-refractivity contribution in [3.63, 3.8) is 0 Å². The highest BCUT2D eigenvalue weighted by Crippen LogP contribution is 2.37. The Bertz CT molecular complexity index is 292. The zero-order valence-electron chi connectivity index (χ0n) is 14.4. The lowest BCUT2D eigenvalue weighted by molar-refractivity contribution is 0.0392. The molecule has 0 aromatic rings. The fraction of sp³-hybridized carbons (Fsp3) is 1.00. The normalized spacial score (nSPS) is 30.3.